The van der Waals surface area contributed by atoms with Gasteiger partial charge in [0.2, 0.25) is 0 Å². The van der Waals surface area contributed by atoms with Crippen LogP contribution in [-0.4, -0.2) is 50.3 Å². The molecule has 3 nitrogen and oxygen atoms in total. The molecule has 8 aliphatic carbocycles. The van der Waals surface area contributed by atoms with Crippen molar-refractivity contribution in [1.29, 1.82) is 0 Å². The molecule has 7 heteroatoms. The normalized spacial score (nSPS) is 50.3. The van der Waals surface area contributed by atoms with Crippen LogP contribution in [0.15, 0.2) is 0 Å². The molecule has 0 unspecified atom stereocenters. The molecule has 164 valence electrons. The molecular formula is C23H36NaO3PSSe. The van der Waals surface area contributed by atoms with E-state index in [-0.39, 0.29) is 35.3 Å². The van der Waals surface area contributed by atoms with Crippen LogP contribution in [0.5, 0.6) is 0 Å². The van der Waals surface area contributed by atoms with Gasteiger partial charge in [0.1, 0.15) is 0 Å². The predicted octanol–water partition coefficient (Wildman–Crippen LogP) is 1.96. The summed E-state index contributed by atoms with van der Waals surface area (Å²) in [6.07, 6.45) is 19.0. The molecule has 30 heavy (non-hydrogen) atoms. The summed E-state index contributed by atoms with van der Waals surface area (Å²) in [6.45, 7) is 0. The molecule has 8 fully saturated rings. The van der Waals surface area contributed by atoms with Gasteiger partial charge in [0.25, 0.3) is 0 Å². The Kier molecular flexibility index (Phi) is 6.25. The minimum absolute atomic E-state index is 0. The van der Waals surface area contributed by atoms with Gasteiger partial charge in [-0.05, 0) is 0 Å². The molecule has 8 aliphatic rings. The van der Waals surface area contributed by atoms with Crippen LogP contribution in [0.25, 0.3) is 0 Å². The standard InChI is InChI=1S/C23H37O3PSSe.Na/c24-28(25,26)3-1-2-27(29,22-10-16-4-17(11-22)6-18(5-16)12-22)23-13-19-7-20(14-23)9-21(8-19)15-23;/h16-21H,1-15H2,(H,24,25,26);/q;+1/p-1. The third-order valence-corrected chi connectivity index (χ3v) is 22.3. The molecule has 0 N–H and O–H groups in total. The van der Waals surface area contributed by atoms with Crippen LogP contribution in [0, 0.1) is 35.5 Å². The summed E-state index contributed by atoms with van der Waals surface area (Å²) in [7, 11) is -4.10. The van der Waals surface area contributed by atoms with E-state index in [1.807, 2.05) is 0 Å². The van der Waals surface area contributed by atoms with Crippen molar-refractivity contribution in [3.8, 4) is 0 Å². The molecule has 0 amide bonds. The molecule has 0 saturated heterocycles. The van der Waals surface area contributed by atoms with Crippen molar-refractivity contribution in [2.24, 2.45) is 35.5 Å². The molecule has 0 aliphatic heterocycles. The van der Waals surface area contributed by atoms with Gasteiger partial charge in [-0.2, -0.15) is 0 Å². The summed E-state index contributed by atoms with van der Waals surface area (Å²) >= 11 is 4.01. The Morgan fingerprint density at radius 2 is 1.03 bits per heavy atom. The van der Waals surface area contributed by atoms with Crippen molar-refractivity contribution in [2.75, 3.05) is 11.9 Å². The third-order valence-electron chi connectivity index (χ3n) is 10.4. The summed E-state index contributed by atoms with van der Waals surface area (Å²) < 4.78 is 34.4. The second-order valence-electron chi connectivity index (χ2n) is 12.4. The van der Waals surface area contributed by atoms with Crippen LogP contribution in [0.1, 0.15) is 83.5 Å². The van der Waals surface area contributed by atoms with E-state index in [0.717, 1.165) is 41.7 Å². The zero-order valence-electron chi connectivity index (χ0n) is 18.6. The first-order chi connectivity index (χ1) is 13.7. The van der Waals surface area contributed by atoms with Gasteiger partial charge in [-0.25, -0.2) is 0 Å². The van der Waals surface area contributed by atoms with Crippen LogP contribution in [0.4, 0.5) is 0 Å². The molecule has 8 rings (SSSR count). The van der Waals surface area contributed by atoms with Gasteiger partial charge in [0, 0.05) is 0 Å². The predicted molar refractivity (Wildman–Crippen MR) is 119 cm³/mol. The largest absolute Gasteiger partial charge is 1.00 e. The maximum Gasteiger partial charge on any atom is 1.00 e. The minimum Gasteiger partial charge on any atom is 1.00 e. The van der Waals surface area contributed by atoms with E-state index in [2.05, 4.69) is 15.1 Å². The molecule has 8 saturated carbocycles. The van der Waals surface area contributed by atoms with Crippen molar-refractivity contribution in [3.63, 3.8) is 0 Å². The van der Waals surface area contributed by atoms with E-state index < -0.39 is 15.6 Å². The SMILES string of the molecule is O=S(=O)([O-])CCCP(=[Se])(C12CC3CC(CC(C3)C1)C2)C12CC3CC(CC(C3)C1)C2.[Na+]. The van der Waals surface area contributed by atoms with Crippen molar-refractivity contribution in [1.82, 2.24) is 0 Å². The monoisotopic (exact) mass is 526 g/mol. The third kappa shape index (κ3) is 3.71. The van der Waals surface area contributed by atoms with E-state index in [1.54, 1.807) is 0 Å². The van der Waals surface area contributed by atoms with Crippen LogP contribution >= 0.6 is 5.51 Å². The molecule has 0 atom stereocenters. The van der Waals surface area contributed by atoms with Crippen LogP contribution in [0.3, 0.4) is 0 Å². The minimum atomic E-state index is -4.10. The maximum absolute atomic E-state index is 11.5. The van der Waals surface area contributed by atoms with E-state index >= 15 is 0 Å². The molecule has 8 bridgehead atoms. The average molecular weight is 526 g/mol. The summed E-state index contributed by atoms with van der Waals surface area (Å²) in [6, 6.07) is 0. The molecule has 0 spiro atoms. The molecule has 0 aromatic heterocycles. The van der Waals surface area contributed by atoms with Gasteiger partial charge < -0.3 is 0 Å². The first-order valence-corrected chi connectivity index (χ1v) is 18.0. The molecule has 0 heterocycles. The van der Waals surface area contributed by atoms with E-state index in [0.29, 0.717) is 16.7 Å². The number of hydrogen-bond acceptors (Lipinski definition) is 3. The van der Waals surface area contributed by atoms with Crippen LogP contribution < -0.4 is 29.6 Å². The first kappa shape index (κ1) is 23.6. The Balaban J connectivity index is 0.00000193. The molecule has 0 radical (unpaired) electrons. The number of rotatable bonds is 6. The fraction of sp³-hybridized carbons (Fsp3) is 1.00. The smallest absolute Gasteiger partial charge is 1.00 e. The Labute approximate surface area is 212 Å². The van der Waals surface area contributed by atoms with Gasteiger partial charge in [0.15, 0.2) is 0 Å². The molecule has 0 aromatic carbocycles. The van der Waals surface area contributed by atoms with Gasteiger partial charge in [-0.3, -0.25) is 0 Å². The van der Waals surface area contributed by atoms with Crippen LogP contribution in [-0.2, 0) is 10.1 Å². The van der Waals surface area contributed by atoms with E-state index in [1.165, 1.54) is 77.0 Å². The van der Waals surface area contributed by atoms with E-state index in [9.17, 15) is 13.0 Å². The topological polar surface area (TPSA) is 57.2 Å². The average Bonchev–Trinajstić information content (AvgIpc) is 2.58. The summed E-state index contributed by atoms with van der Waals surface area (Å²) in [5, 5.41) is 0.972. The van der Waals surface area contributed by atoms with E-state index in [4.69, 9.17) is 0 Å². The summed E-state index contributed by atoms with van der Waals surface area (Å²) in [5.41, 5.74) is -1.48. The summed E-state index contributed by atoms with van der Waals surface area (Å²) in [5.74, 6) is 5.47. The Morgan fingerprint density at radius 3 is 1.30 bits per heavy atom. The Bertz CT molecular complexity index is 738. The first-order valence-electron chi connectivity index (χ1n) is 12.2. The van der Waals surface area contributed by atoms with Gasteiger partial charge in [-0.1, -0.05) is 0 Å². The van der Waals surface area contributed by atoms with Gasteiger partial charge in [-0.15, -0.1) is 0 Å². The fourth-order valence-corrected chi connectivity index (χ4v) is 20.7. The van der Waals surface area contributed by atoms with Crippen molar-refractivity contribution in [3.05, 3.63) is 0 Å². The van der Waals surface area contributed by atoms with Crippen molar-refractivity contribution < 1.29 is 42.5 Å². The van der Waals surface area contributed by atoms with Crippen LogP contribution in [0.2, 0.25) is 0 Å². The quantitative estimate of drug-likeness (QED) is 0.303. The zero-order valence-corrected chi connectivity index (χ0v) is 24.0. The van der Waals surface area contributed by atoms with Crippen molar-refractivity contribution in [2.45, 2.75) is 93.8 Å². The van der Waals surface area contributed by atoms with Gasteiger partial charge in [0.05, 0.1) is 0 Å². The molecular weight excluding hydrogens is 489 g/mol. The maximum atomic E-state index is 11.5. The zero-order chi connectivity index (χ0) is 20.1. The fourth-order valence-electron chi connectivity index (χ4n) is 10.5. The second kappa shape index (κ2) is 7.94. The van der Waals surface area contributed by atoms with Gasteiger partial charge >= 0.3 is 214 Å². The molecule has 0 aromatic rings. The summed E-state index contributed by atoms with van der Waals surface area (Å²) in [4.78, 5) is 0. The number of hydrogen-bond donors (Lipinski definition) is 0. The Morgan fingerprint density at radius 1 is 0.733 bits per heavy atom. The Hall–Kier alpha value is 1.86. The second-order valence-corrected chi connectivity index (χ2v) is 21.6. The van der Waals surface area contributed by atoms with Crippen molar-refractivity contribution >= 4 is 30.7 Å².